The Morgan fingerprint density at radius 3 is 2.88 bits per heavy atom. The average Bonchev–Trinajstić information content (AvgIpc) is 2.76. The van der Waals surface area contributed by atoms with Crippen molar-refractivity contribution < 1.29 is 0 Å². The second-order valence-electron chi connectivity index (χ2n) is 3.97. The van der Waals surface area contributed by atoms with Crippen molar-refractivity contribution in [2.45, 2.75) is 19.9 Å². The maximum atomic E-state index is 3.59. The van der Waals surface area contributed by atoms with Gasteiger partial charge in [-0.1, -0.05) is 25.1 Å². The first-order valence-electron chi connectivity index (χ1n) is 5.84. The molecule has 0 saturated carbocycles. The third kappa shape index (κ3) is 3.41. The van der Waals surface area contributed by atoms with Gasteiger partial charge in [-0.2, -0.15) is 0 Å². The summed E-state index contributed by atoms with van der Waals surface area (Å²) in [7, 11) is 0. The van der Waals surface area contributed by atoms with E-state index in [1.807, 2.05) is 0 Å². The SMILES string of the molecule is CCCNCc1cccc(-c2sccc2Br)c1. The second kappa shape index (κ2) is 6.34. The van der Waals surface area contributed by atoms with Gasteiger partial charge in [-0.05, 0) is 57.5 Å². The Morgan fingerprint density at radius 1 is 1.29 bits per heavy atom. The molecule has 0 unspecified atom stereocenters. The van der Waals surface area contributed by atoms with Gasteiger partial charge in [0.15, 0.2) is 0 Å². The van der Waals surface area contributed by atoms with E-state index in [0.717, 1.165) is 13.1 Å². The van der Waals surface area contributed by atoms with Gasteiger partial charge in [0.2, 0.25) is 0 Å². The molecule has 0 saturated heterocycles. The minimum atomic E-state index is 0.949. The smallest absolute Gasteiger partial charge is 0.0484 e. The summed E-state index contributed by atoms with van der Waals surface area (Å²) < 4.78 is 1.18. The van der Waals surface area contributed by atoms with Crippen LogP contribution in [0.2, 0.25) is 0 Å². The van der Waals surface area contributed by atoms with Crippen LogP contribution in [0.4, 0.5) is 0 Å². The number of hydrogen-bond acceptors (Lipinski definition) is 2. The first-order valence-corrected chi connectivity index (χ1v) is 7.51. The predicted octanol–water partition coefficient (Wildman–Crippen LogP) is 4.68. The number of hydrogen-bond donors (Lipinski definition) is 1. The number of halogens is 1. The molecule has 0 aliphatic rings. The van der Waals surface area contributed by atoms with Crippen LogP contribution in [0.3, 0.4) is 0 Å². The first kappa shape index (κ1) is 12.8. The van der Waals surface area contributed by atoms with Crippen LogP contribution in [0.1, 0.15) is 18.9 Å². The summed E-state index contributed by atoms with van der Waals surface area (Å²) in [6.45, 7) is 4.21. The van der Waals surface area contributed by atoms with Gasteiger partial charge in [0.05, 0.1) is 0 Å². The normalized spacial score (nSPS) is 10.7. The highest BCUT2D eigenvalue weighted by Gasteiger charge is 2.04. The molecule has 1 aromatic carbocycles. The van der Waals surface area contributed by atoms with Crippen LogP contribution in [0.25, 0.3) is 10.4 Å². The molecule has 1 nitrogen and oxygen atoms in total. The van der Waals surface area contributed by atoms with Crippen LogP contribution in [0.15, 0.2) is 40.2 Å². The van der Waals surface area contributed by atoms with Crippen LogP contribution >= 0.6 is 27.3 Å². The minimum Gasteiger partial charge on any atom is -0.313 e. The van der Waals surface area contributed by atoms with Gasteiger partial charge < -0.3 is 5.32 Å². The largest absolute Gasteiger partial charge is 0.313 e. The van der Waals surface area contributed by atoms with Gasteiger partial charge in [0.1, 0.15) is 0 Å². The van der Waals surface area contributed by atoms with Gasteiger partial charge in [-0.25, -0.2) is 0 Å². The number of nitrogens with one attached hydrogen (secondary N) is 1. The van der Waals surface area contributed by atoms with Crippen LogP contribution in [-0.2, 0) is 6.54 Å². The van der Waals surface area contributed by atoms with E-state index >= 15 is 0 Å². The molecular formula is C14H16BrNS. The van der Waals surface area contributed by atoms with E-state index < -0.39 is 0 Å². The number of rotatable bonds is 5. The molecule has 2 rings (SSSR count). The molecule has 0 radical (unpaired) electrons. The molecule has 0 amide bonds. The van der Waals surface area contributed by atoms with E-state index in [4.69, 9.17) is 0 Å². The summed E-state index contributed by atoms with van der Waals surface area (Å²) in [5.74, 6) is 0. The quantitative estimate of drug-likeness (QED) is 0.791. The van der Waals surface area contributed by atoms with Crippen LogP contribution < -0.4 is 5.32 Å². The number of benzene rings is 1. The van der Waals surface area contributed by atoms with Gasteiger partial charge >= 0.3 is 0 Å². The molecule has 1 aromatic heterocycles. The van der Waals surface area contributed by atoms with Crippen molar-refractivity contribution in [2.24, 2.45) is 0 Å². The third-order valence-electron chi connectivity index (χ3n) is 2.56. The van der Waals surface area contributed by atoms with Gasteiger partial charge in [-0.3, -0.25) is 0 Å². The molecule has 17 heavy (non-hydrogen) atoms. The zero-order valence-electron chi connectivity index (χ0n) is 9.87. The van der Waals surface area contributed by atoms with Gasteiger partial charge in [0.25, 0.3) is 0 Å². The summed E-state index contributed by atoms with van der Waals surface area (Å²) in [6.07, 6.45) is 1.18. The van der Waals surface area contributed by atoms with E-state index in [1.54, 1.807) is 11.3 Å². The van der Waals surface area contributed by atoms with Crippen LogP contribution in [0, 0.1) is 0 Å². The fourth-order valence-electron chi connectivity index (χ4n) is 1.73. The van der Waals surface area contributed by atoms with Crippen LogP contribution in [-0.4, -0.2) is 6.54 Å². The summed E-state index contributed by atoms with van der Waals surface area (Å²) in [5, 5.41) is 5.54. The van der Waals surface area contributed by atoms with E-state index in [-0.39, 0.29) is 0 Å². The summed E-state index contributed by atoms with van der Waals surface area (Å²) in [5.41, 5.74) is 2.64. The maximum Gasteiger partial charge on any atom is 0.0484 e. The molecule has 0 aliphatic carbocycles. The highest BCUT2D eigenvalue weighted by Crippen LogP contribution is 2.33. The van der Waals surface area contributed by atoms with Crippen LogP contribution in [0.5, 0.6) is 0 Å². The monoisotopic (exact) mass is 309 g/mol. The molecular weight excluding hydrogens is 294 g/mol. The summed E-state index contributed by atoms with van der Waals surface area (Å²) in [4.78, 5) is 1.31. The van der Waals surface area contributed by atoms with Crippen molar-refractivity contribution in [1.29, 1.82) is 0 Å². The molecule has 0 fully saturated rings. The lowest BCUT2D eigenvalue weighted by atomic mass is 10.1. The molecule has 90 valence electrons. The summed E-state index contributed by atoms with van der Waals surface area (Å²) >= 11 is 5.36. The zero-order chi connectivity index (χ0) is 12.1. The van der Waals surface area contributed by atoms with Crippen molar-refractivity contribution in [3.63, 3.8) is 0 Å². The Bertz CT molecular complexity index is 479. The highest BCUT2D eigenvalue weighted by molar-refractivity contribution is 9.10. The van der Waals surface area contributed by atoms with Gasteiger partial charge in [0, 0.05) is 15.9 Å². The molecule has 0 atom stereocenters. The molecule has 3 heteroatoms. The highest BCUT2D eigenvalue weighted by atomic mass is 79.9. The molecule has 0 aliphatic heterocycles. The fourth-order valence-corrected chi connectivity index (χ4v) is 3.33. The molecule has 0 bridgehead atoms. The lowest BCUT2D eigenvalue weighted by Gasteiger charge is -2.05. The summed E-state index contributed by atoms with van der Waals surface area (Å²) in [6, 6.07) is 10.8. The lowest BCUT2D eigenvalue weighted by molar-refractivity contribution is 0.675. The predicted molar refractivity (Wildman–Crippen MR) is 79.5 cm³/mol. The minimum absolute atomic E-state index is 0.949. The topological polar surface area (TPSA) is 12.0 Å². The zero-order valence-corrected chi connectivity index (χ0v) is 12.3. The maximum absolute atomic E-state index is 3.59. The van der Waals surface area contributed by atoms with E-state index in [1.165, 1.54) is 26.9 Å². The standard InChI is InChI=1S/C14H16BrNS/c1-2-7-16-10-11-4-3-5-12(9-11)14-13(15)6-8-17-14/h3-6,8-9,16H,2,7,10H2,1H3. The molecule has 1 heterocycles. The first-order chi connectivity index (χ1) is 8.31. The van der Waals surface area contributed by atoms with E-state index in [9.17, 15) is 0 Å². The van der Waals surface area contributed by atoms with Crippen molar-refractivity contribution in [1.82, 2.24) is 5.32 Å². The Labute approximate surface area is 115 Å². The Kier molecular flexibility index (Phi) is 4.77. The number of thiophene rings is 1. The fraction of sp³-hybridized carbons (Fsp3) is 0.286. The van der Waals surface area contributed by atoms with E-state index in [0.29, 0.717) is 0 Å². The van der Waals surface area contributed by atoms with Crippen molar-refractivity contribution >= 4 is 27.3 Å². The van der Waals surface area contributed by atoms with E-state index in [2.05, 4.69) is 63.9 Å². The molecule has 2 aromatic rings. The second-order valence-corrected chi connectivity index (χ2v) is 5.75. The van der Waals surface area contributed by atoms with Crippen molar-refractivity contribution in [3.05, 3.63) is 45.7 Å². The average molecular weight is 310 g/mol. The van der Waals surface area contributed by atoms with Crippen molar-refractivity contribution in [3.8, 4) is 10.4 Å². The lowest BCUT2D eigenvalue weighted by Crippen LogP contribution is -2.13. The molecule has 1 N–H and O–H groups in total. The Hall–Kier alpha value is -0.640. The molecule has 0 spiro atoms. The Morgan fingerprint density at radius 2 is 2.18 bits per heavy atom. The van der Waals surface area contributed by atoms with Crippen molar-refractivity contribution in [2.75, 3.05) is 6.54 Å². The Balaban J connectivity index is 2.14. The third-order valence-corrected chi connectivity index (χ3v) is 4.45. The van der Waals surface area contributed by atoms with Gasteiger partial charge in [-0.15, -0.1) is 11.3 Å².